The maximum absolute atomic E-state index is 2.53. The second-order valence-corrected chi connectivity index (χ2v) is 7.49. The molecule has 1 aliphatic carbocycles. The predicted octanol–water partition coefficient (Wildman–Crippen LogP) is 6.66. The maximum atomic E-state index is 2.53. The molecule has 1 aromatic carbocycles. The minimum absolute atomic E-state index is 0.939. The monoisotopic (exact) mass is 300 g/mol. The summed E-state index contributed by atoms with van der Waals surface area (Å²) in [7, 11) is 0. The molecule has 1 fully saturated rings. The molecule has 0 atom stereocenters. The first kappa shape index (κ1) is 17.6. The quantitative estimate of drug-likeness (QED) is 0.528. The molecule has 0 unspecified atom stereocenters. The molecule has 0 nitrogen and oxygen atoms in total. The van der Waals surface area contributed by atoms with Gasteiger partial charge in [-0.05, 0) is 73.1 Å². The van der Waals surface area contributed by atoms with Gasteiger partial charge in [0.2, 0.25) is 0 Å². The van der Waals surface area contributed by atoms with E-state index in [1.165, 1.54) is 69.8 Å². The Balaban J connectivity index is 1.94. The summed E-state index contributed by atoms with van der Waals surface area (Å²) >= 11 is 0. The van der Waals surface area contributed by atoms with Crippen molar-refractivity contribution in [2.75, 3.05) is 0 Å². The lowest BCUT2D eigenvalue weighted by Crippen LogP contribution is -2.17. The van der Waals surface area contributed by atoms with Crippen molar-refractivity contribution >= 4 is 0 Å². The highest BCUT2D eigenvalue weighted by Crippen LogP contribution is 2.34. The van der Waals surface area contributed by atoms with Gasteiger partial charge in [0.15, 0.2) is 0 Å². The first-order chi connectivity index (χ1) is 10.7. The number of hydrogen-bond donors (Lipinski definition) is 0. The van der Waals surface area contributed by atoms with Crippen LogP contribution in [0, 0.1) is 18.8 Å². The summed E-state index contributed by atoms with van der Waals surface area (Å²) in [4.78, 5) is 0. The molecule has 0 N–H and O–H groups in total. The fraction of sp³-hybridized carbons (Fsp3) is 0.727. The molecule has 1 saturated carbocycles. The van der Waals surface area contributed by atoms with E-state index in [-0.39, 0.29) is 0 Å². The summed E-state index contributed by atoms with van der Waals surface area (Å²) in [6, 6.07) is 4.98. The Kier molecular flexibility index (Phi) is 6.99. The fourth-order valence-electron chi connectivity index (χ4n) is 4.27. The topological polar surface area (TPSA) is 0 Å². The van der Waals surface area contributed by atoms with Crippen LogP contribution in [0.15, 0.2) is 12.1 Å². The molecule has 0 aromatic heterocycles. The molecule has 1 aliphatic rings. The number of rotatable bonds is 7. The Morgan fingerprint density at radius 2 is 1.41 bits per heavy atom. The normalized spacial score (nSPS) is 22.0. The third kappa shape index (κ3) is 4.61. The summed E-state index contributed by atoms with van der Waals surface area (Å²) in [5, 5.41) is 0. The fourth-order valence-corrected chi connectivity index (χ4v) is 4.27. The van der Waals surface area contributed by atoms with Crippen molar-refractivity contribution in [3.8, 4) is 0 Å². The molecule has 0 spiro atoms. The summed E-state index contributed by atoms with van der Waals surface area (Å²) in [5.41, 5.74) is 6.31. The number of hydrogen-bond acceptors (Lipinski definition) is 0. The smallest absolute Gasteiger partial charge is 0.0248 e. The minimum Gasteiger partial charge on any atom is -0.0654 e. The van der Waals surface area contributed by atoms with E-state index in [1.807, 2.05) is 0 Å². The van der Waals surface area contributed by atoms with Gasteiger partial charge in [-0.25, -0.2) is 0 Å². The van der Waals surface area contributed by atoms with Crippen LogP contribution in [0.25, 0.3) is 0 Å². The van der Waals surface area contributed by atoms with Crippen LogP contribution >= 0.6 is 0 Å². The van der Waals surface area contributed by atoms with Crippen molar-refractivity contribution in [3.05, 3.63) is 34.4 Å². The van der Waals surface area contributed by atoms with Gasteiger partial charge in [-0.15, -0.1) is 0 Å². The molecule has 0 bridgehead atoms. The van der Waals surface area contributed by atoms with Gasteiger partial charge in [0, 0.05) is 0 Å². The van der Waals surface area contributed by atoms with Crippen LogP contribution in [0.2, 0.25) is 0 Å². The summed E-state index contributed by atoms with van der Waals surface area (Å²) in [6.45, 7) is 9.22. The van der Waals surface area contributed by atoms with Gasteiger partial charge >= 0.3 is 0 Å². The van der Waals surface area contributed by atoms with Crippen LogP contribution in [0.5, 0.6) is 0 Å². The van der Waals surface area contributed by atoms with Gasteiger partial charge in [-0.3, -0.25) is 0 Å². The molecule has 0 radical (unpaired) electrons. The molecule has 1 aromatic rings. The Bertz CT molecular complexity index is 449. The molecule has 0 heteroatoms. The highest BCUT2D eigenvalue weighted by Gasteiger charge is 2.21. The van der Waals surface area contributed by atoms with Crippen molar-refractivity contribution in [1.29, 1.82) is 0 Å². The van der Waals surface area contributed by atoms with Gasteiger partial charge in [0.05, 0.1) is 0 Å². The van der Waals surface area contributed by atoms with Crippen LogP contribution < -0.4 is 0 Å². The summed E-state index contributed by atoms with van der Waals surface area (Å²) in [6.07, 6.45) is 13.9. The van der Waals surface area contributed by atoms with Crippen molar-refractivity contribution in [2.24, 2.45) is 11.8 Å². The van der Waals surface area contributed by atoms with E-state index in [2.05, 4.69) is 39.8 Å². The molecule has 0 heterocycles. The molecule has 2 rings (SSSR count). The van der Waals surface area contributed by atoms with Gasteiger partial charge in [0.1, 0.15) is 0 Å². The van der Waals surface area contributed by atoms with Crippen molar-refractivity contribution in [2.45, 2.75) is 91.9 Å². The maximum Gasteiger partial charge on any atom is -0.0248 e. The molecule has 0 saturated heterocycles. The Morgan fingerprint density at radius 1 is 0.818 bits per heavy atom. The Labute approximate surface area is 138 Å². The van der Waals surface area contributed by atoms with Crippen LogP contribution in [0.1, 0.15) is 88.0 Å². The van der Waals surface area contributed by atoms with Crippen LogP contribution in [-0.4, -0.2) is 0 Å². The average Bonchev–Trinajstić information content (AvgIpc) is 2.55. The Morgan fingerprint density at radius 3 is 2.00 bits per heavy atom. The zero-order valence-electron chi connectivity index (χ0n) is 15.4. The second kappa shape index (κ2) is 8.75. The van der Waals surface area contributed by atoms with Crippen molar-refractivity contribution in [1.82, 2.24) is 0 Å². The number of unbranched alkanes of at least 4 members (excludes halogenated alkanes) is 1. The SMILES string of the molecule is CCCCC1CCC(Cc2cc(CC)c(CC)cc2C)CC1. The van der Waals surface area contributed by atoms with Gasteiger partial charge in [0.25, 0.3) is 0 Å². The van der Waals surface area contributed by atoms with E-state index < -0.39 is 0 Å². The highest BCUT2D eigenvalue weighted by molar-refractivity contribution is 5.38. The molecule has 0 amide bonds. The van der Waals surface area contributed by atoms with E-state index in [0.717, 1.165) is 11.8 Å². The third-order valence-corrected chi connectivity index (χ3v) is 5.86. The number of aryl methyl sites for hydroxylation is 3. The third-order valence-electron chi connectivity index (χ3n) is 5.86. The van der Waals surface area contributed by atoms with E-state index in [1.54, 1.807) is 16.7 Å². The first-order valence-electron chi connectivity index (χ1n) is 9.79. The zero-order chi connectivity index (χ0) is 15.9. The molecule has 22 heavy (non-hydrogen) atoms. The van der Waals surface area contributed by atoms with Gasteiger partial charge in [-0.1, -0.05) is 65.0 Å². The van der Waals surface area contributed by atoms with Crippen LogP contribution in [0.3, 0.4) is 0 Å². The number of benzene rings is 1. The van der Waals surface area contributed by atoms with Crippen LogP contribution in [0.4, 0.5) is 0 Å². The van der Waals surface area contributed by atoms with Crippen molar-refractivity contribution < 1.29 is 0 Å². The van der Waals surface area contributed by atoms with Gasteiger partial charge < -0.3 is 0 Å². The lowest BCUT2D eigenvalue weighted by molar-refractivity contribution is 0.258. The lowest BCUT2D eigenvalue weighted by Gasteiger charge is -2.29. The predicted molar refractivity (Wildman–Crippen MR) is 98.6 cm³/mol. The van der Waals surface area contributed by atoms with Gasteiger partial charge in [-0.2, -0.15) is 0 Å². The molecular formula is C22H36. The molecule has 124 valence electrons. The largest absolute Gasteiger partial charge is 0.0654 e. The van der Waals surface area contributed by atoms with E-state index >= 15 is 0 Å². The standard InChI is InChI=1S/C22H36/c1-5-8-9-18-10-12-19(13-11-18)15-22-16-21(7-3)20(6-2)14-17(22)4/h14,16,18-19H,5-13,15H2,1-4H3. The summed E-state index contributed by atoms with van der Waals surface area (Å²) in [5.74, 6) is 1.97. The van der Waals surface area contributed by atoms with E-state index in [0.29, 0.717) is 0 Å². The average molecular weight is 301 g/mol. The molecule has 0 aliphatic heterocycles. The summed E-state index contributed by atoms with van der Waals surface area (Å²) < 4.78 is 0. The zero-order valence-corrected chi connectivity index (χ0v) is 15.4. The lowest BCUT2D eigenvalue weighted by atomic mass is 9.77. The van der Waals surface area contributed by atoms with Crippen LogP contribution in [-0.2, 0) is 19.3 Å². The van der Waals surface area contributed by atoms with E-state index in [4.69, 9.17) is 0 Å². The highest BCUT2D eigenvalue weighted by atomic mass is 14.3. The minimum atomic E-state index is 0.939. The van der Waals surface area contributed by atoms with E-state index in [9.17, 15) is 0 Å². The second-order valence-electron chi connectivity index (χ2n) is 7.49. The molecular weight excluding hydrogens is 264 g/mol. The first-order valence-corrected chi connectivity index (χ1v) is 9.79. The Hall–Kier alpha value is -0.780. The van der Waals surface area contributed by atoms with Crippen molar-refractivity contribution in [3.63, 3.8) is 0 Å².